The van der Waals surface area contributed by atoms with Gasteiger partial charge in [-0.3, -0.25) is 4.79 Å². The molecule has 2 saturated carbocycles. The SMILES string of the molecule is CCC(O)CCNC(=O)C1C2CCCCC21. The lowest BCUT2D eigenvalue weighted by Crippen LogP contribution is -2.29. The highest BCUT2D eigenvalue weighted by molar-refractivity contribution is 5.82. The van der Waals surface area contributed by atoms with Crippen molar-refractivity contribution in [3.63, 3.8) is 0 Å². The molecule has 2 N–H and O–H groups in total. The monoisotopic (exact) mass is 225 g/mol. The molecule has 0 radical (unpaired) electrons. The Morgan fingerprint density at radius 1 is 1.38 bits per heavy atom. The molecule has 3 unspecified atom stereocenters. The second-order valence-electron chi connectivity index (χ2n) is 5.28. The maximum absolute atomic E-state index is 11.8. The minimum atomic E-state index is -0.262. The number of hydrogen-bond acceptors (Lipinski definition) is 2. The Morgan fingerprint density at radius 3 is 2.56 bits per heavy atom. The molecule has 0 aliphatic heterocycles. The Morgan fingerprint density at radius 2 is 2.00 bits per heavy atom. The molecule has 1 amide bonds. The molecule has 3 atom stereocenters. The average molecular weight is 225 g/mol. The minimum Gasteiger partial charge on any atom is -0.393 e. The standard InChI is InChI=1S/C13H23NO2/c1-2-9(15)7-8-14-13(16)12-10-5-3-4-6-11(10)12/h9-12,15H,2-8H2,1H3,(H,14,16). The van der Waals surface area contributed by atoms with E-state index in [1.807, 2.05) is 6.92 Å². The fourth-order valence-corrected chi connectivity index (χ4v) is 3.07. The average Bonchev–Trinajstić information content (AvgIpc) is 3.02. The maximum atomic E-state index is 11.8. The van der Waals surface area contributed by atoms with E-state index in [0.29, 0.717) is 30.7 Å². The van der Waals surface area contributed by atoms with Crippen molar-refractivity contribution in [1.29, 1.82) is 0 Å². The number of nitrogens with one attached hydrogen (secondary N) is 1. The van der Waals surface area contributed by atoms with Crippen molar-refractivity contribution in [2.24, 2.45) is 17.8 Å². The van der Waals surface area contributed by atoms with E-state index in [1.165, 1.54) is 25.7 Å². The first kappa shape index (κ1) is 11.9. The van der Waals surface area contributed by atoms with Crippen molar-refractivity contribution in [1.82, 2.24) is 5.32 Å². The van der Waals surface area contributed by atoms with Crippen molar-refractivity contribution < 1.29 is 9.90 Å². The number of carbonyl (C=O) groups is 1. The summed E-state index contributed by atoms with van der Waals surface area (Å²) in [6, 6.07) is 0. The molecular weight excluding hydrogens is 202 g/mol. The second-order valence-corrected chi connectivity index (χ2v) is 5.28. The summed E-state index contributed by atoms with van der Waals surface area (Å²) in [7, 11) is 0. The summed E-state index contributed by atoms with van der Waals surface area (Å²) in [6.07, 6.45) is 6.30. The van der Waals surface area contributed by atoms with Crippen LogP contribution in [0.25, 0.3) is 0 Å². The lowest BCUT2D eigenvalue weighted by atomic mass is 10.0. The predicted molar refractivity (Wildman–Crippen MR) is 62.9 cm³/mol. The topological polar surface area (TPSA) is 49.3 Å². The van der Waals surface area contributed by atoms with Crippen LogP contribution >= 0.6 is 0 Å². The zero-order chi connectivity index (χ0) is 11.5. The van der Waals surface area contributed by atoms with Gasteiger partial charge in [0.15, 0.2) is 0 Å². The number of hydrogen-bond donors (Lipinski definition) is 2. The lowest BCUT2D eigenvalue weighted by molar-refractivity contribution is -0.122. The normalized spacial score (nSPS) is 34.0. The van der Waals surface area contributed by atoms with Crippen LogP contribution in [0.3, 0.4) is 0 Å². The number of amides is 1. The molecule has 2 aliphatic carbocycles. The van der Waals surface area contributed by atoms with E-state index in [9.17, 15) is 9.90 Å². The summed E-state index contributed by atoms with van der Waals surface area (Å²) in [5, 5.41) is 12.3. The smallest absolute Gasteiger partial charge is 0.223 e. The van der Waals surface area contributed by atoms with Gasteiger partial charge in [-0.25, -0.2) is 0 Å². The Labute approximate surface area is 97.6 Å². The highest BCUT2D eigenvalue weighted by atomic mass is 16.3. The largest absolute Gasteiger partial charge is 0.393 e. The number of aliphatic hydroxyl groups is 1. The summed E-state index contributed by atoms with van der Waals surface area (Å²) in [6.45, 7) is 2.59. The van der Waals surface area contributed by atoms with Gasteiger partial charge >= 0.3 is 0 Å². The quantitative estimate of drug-likeness (QED) is 0.748. The first-order chi connectivity index (χ1) is 7.74. The van der Waals surface area contributed by atoms with Crippen LogP contribution in [0.15, 0.2) is 0 Å². The molecule has 92 valence electrons. The van der Waals surface area contributed by atoms with E-state index in [-0.39, 0.29) is 12.0 Å². The van der Waals surface area contributed by atoms with Gasteiger partial charge in [-0.1, -0.05) is 19.8 Å². The van der Waals surface area contributed by atoms with Crippen LogP contribution in [-0.4, -0.2) is 23.7 Å². The Balaban J connectivity index is 1.65. The minimum absolute atomic E-state index is 0.236. The first-order valence-electron chi connectivity index (χ1n) is 6.69. The van der Waals surface area contributed by atoms with E-state index < -0.39 is 0 Å². The zero-order valence-electron chi connectivity index (χ0n) is 10.1. The maximum Gasteiger partial charge on any atom is 0.223 e. The van der Waals surface area contributed by atoms with Crippen LogP contribution in [0.5, 0.6) is 0 Å². The van der Waals surface area contributed by atoms with E-state index in [4.69, 9.17) is 0 Å². The van der Waals surface area contributed by atoms with Crippen molar-refractivity contribution in [2.45, 2.75) is 51.6 Å². The molecule has 2 rings (SSSR count). The van der Waals surface area contributed by atoms with Crippen molar-refractivity contribution >= 4 is 5.91 Å². The Kier molecular flexibility index (Phi) is 3.85. The van der Waals surface area contributed by atoms with E-state index in [1.54, 1.807) is 0 Å². The highest BCUT2D eigenvalue weighted by Gasteiger charge is 2.54. The lowest BCUT2D eigenvalue weighted by Gasteiger charge is -2.08. The summed E-state index contributed by atoms with van der Waals surface area (Å²) in [5.41, 5.74) is 0. The van der Waals surface area contributed by atoms with Crippen LogP contribution in [-0.2, 0) is 4.79 Å². The number of carbonyl (C=O) groups excluding carboxylic acids is 1. The number of aliphatic hydroxyl groups excluding tert-OH is 1. The Hall–Kier alpha value is -0.570. The number of fused-ring (bicyclic) bond motifs is 1. The molecule has 0 saturated heterocycles. The molecule has 0 heterocycles. The summed E-state index contributed by atoms with van der Waals surface area (Å²) >= 11 is 0. The van der Waals surface area contributed by atoms with Crippen LogP contribution in [0.2, 0.25) is 0 Å². The van der Waals surface area contributed by atoms with Crippen LogP contribution in [0.4, 0.5) is 0 Å². The summed E-state index contributed by atoms with van der Waals surface area (Å²) in [4.78, 5) is 11.8. The van der Waals surface area contributed by atoms with E-state index >= 15 is 0 Å². The van der Waals surface area contributed by atoms with E-state index in [0.717, 1.165) is 6.42 Å². The molecule has 0 spiro atoms. The van der Waals surface area contributed by atoms with Crippen LogP contribution in [0.1, 0.15) is 45.4 Å². The third-order valence-electron chi connectivity index (χ3n) is 4.21. The highest BCUT2D eigenvalue weighted by Crippen LogP contribution is 2.55. The van der Waals surface area contributed by atoms with Gasteiger partial charge < -0.3 is 10.4 Å². The van der Waals surface area contributed by atoms with Gasteiger partial charge in [-0.2, -0.15) is 0 Å². The van der Waals surface area contributed by atoms with Gasteiger partial charge in [0.05, 0.1) is 6.10 Å². The molecule has 0 bridgehead atoms. The first-order valence-corrected chi connectivity index (χ1v) is 6.69. The van der Waals surface area contributed by atoms with Gasteiger partial charge in [-0.05, 0) is 37.5 Å². The molecule has 2 aliphatic rings. The van der Waals surface area contributed by atoms with Crippen molar-refractivity contribution in [2.75, 3.05) is 6.54 Å². The molecule has 0 aromatic heterocycles. The molecule has 0 aromatic carbocycles. The van der Waals surface area contributed by atoms with Crippen molar-refractivity contribution in [3.05, 3.63) is 0 Å². The van der Waals surface area contributed by atoms with Gasteiger partial charge in [0.25, 0.3) is 0 Å². The molecule has 0 aromatic rings. The third-order valence-corrected chi connectivity index (χ3v) is 4.21. The molecular formula is C13H23NO2. The second kappa shape index (κ2) is 5.17. The van der Waals surface area contributed by atoms with Gasteiger partial charge in [0.1, 0.15) is 0 Å². The van der Waals surface area contributed by atoms with Gasteiger partial charge in [0.2, 0.25) is 5.91 Å². The van der Waals surface area contributed by atoms with E-state index in [2.05, 4.69) is 5.32 Å². The number of rotatable bonds is 5. The predicted octanol–water partition coefficient (Wildman–Crippen LogP) is 1.70. The summed E-state index contributed by atoms with van der Waals surface area (Å²) in [5.74, 6) is 1.91. The zero-order valence-corrected chi connectivity index (χ0v) is 10.1. The molecule has 16 heavy (non-hydrogen) atoms. The molecule has 3 heteroatoms. The third kappa shape index (κ3) is 2.57. The molecule has 3 nitrogen and oxygen atoms in total. The van der Waals surface area contributed by atoms with Crippen molar-refractivity contribution in [3.8, 4) is 0 Å². The molecule has 2 fully saturated rings. The fourth-order valence-electron chi connectivity index (χ4n) is 3.07. The van der Waals surface area contributed by atoms with Gasteiger partial charge in [-0.15, -0.1) is 0 Å². The Bertz CT molecular complexity index is 242. The summed E-state index contributed by atoms with van der Waals surface area (Å²) < 4.78 is 0. The van der Waals surface area contributed by atoms with Crippen LogP contribution in [0, 0.1) is 17.8 Å². The fraction of sp³-hybridized carbons (Fsp3) is 0.923. The van der Waals surface area contributed by atoms with Gasteiger partial charge in [0, 0.05) is 12.5 Å². The van der Waals surface area contributed by atoms with Crippen LogP contribution < -0.4 is 5.32 Å².